The molecular weight excluding hydrogens is 520 g/mol. The van der Waals surface area contributed by atoms with Crippen LogP contribution in [-0.4, -0.2) is 83.8 Å². The van der Waals surface area contributed by atoms with Crippen molar-refractivity contribution in [1.29, 1.82) is 0 Å². The van der Waals surface area contributed by atoms with Crippen molar-refractivity contribution in [3.8, 4) is 0 Å². The maximum Gasteiger partial charge on any atom is 0.352 e. The van der Waals surface area contributed by atoms with Crippen LogP contribution in [0.25, 0.3) is 10.9 Å². The topological polar surface area (TPSA) is 153 Å². The monoisotopic (exact) mass is 554 g/mol. The molecule has 12 heteroatoms. The van der Waals surface area contributed by atoms with E-state index in [-0.39, 0.29) is 23.2 Å². The van der Waals surface area contributed by atoms with E-state index >= 15 is 0 Å². The fourth-order valence-corrected chi connectivity index (χ4v) is 5.44. The Morgan fingerprint density at radius 3 is 2.62 bits per heavy atom. The van der Waals surface area contributed by atoms with E-state index in [2.05, 4.69) is 10.3 Å². The van der Waals surface area contributed by atoms with Crippen molar-refractivity contribution in [1.82, 2.24) is 19.1 Å². The molecular formula is C27H34N6O5S. The van der Waals surface area contributed by atoms with Crippen molar-refractivity contribution >= 4 is 32.7 Å². The number of aromatic carboxylic acids is 1. The highest BCUT2D eigenvalue weighted by atomic mass is 32.2. The highest BCUT2D eigenvalue weighted by Gasteiger charge is 2.20. The predicted octanol–water partition coefficient (Wildman–Crippen LogP) is 1.62. The molecule has 0 aliphatic carbocycles. The summed E-state index contributed by atoms with van der Waals surface area (Å²) in [7, 11) is -0.674. The summed E-state index contributed by atoms with van der Waals surface area (Å²) in [6.45, 7) is 2.86. The lowest BCUT2D eigenvalue weighted by Crippen LogP contribution is -2.44. The van der Waals surface area contributed by atoms with Crippen molar-refractivity contribution in [2.24, 2.45) is 10.7 Å². The number of aliphatic hydroxyl groups excluding tert-OH is 1. The van der Waals surface area contributed by atoms with Gasteiger partial charge >= 0.3 is 5.97 Å². The lowest BCUT2D eigenvalue weighted by Gasteiger charge is -2.28. The summed E-state index contributed by atoms with van der Waals surface area (Å²) >= 11 is 0. The number of nitrogens with two attached hydrogens (primary N) is 1. The Morgan fingerprint density at radius 1 is 1.18 bits per heavy atom. The third-order valence-electron chi connectivity index (χ3n) is 6.63. The third-order valence-corrected chi connectivity index (χ3v) is 8.44. The minimum atomic E-state index is -3.61. The van der Waals surface area contributed by atoms with Crippen LogP contribution in [0.2, 0.25) is 0 Å². The second-order valence-electron chi connectivity index (χ2n) is 9.80. The standard InChI is InChI=1S/C27H34N6O5S/c1-18(29-15-26(34)32-10-9-25(28)30-17-32)11-19-7-8-23-21(12-19)14-24(27(35)36)33(23)16-20-5-4-6-22(13-20)39(37,38)31(2)3/h4-10,12-14,18,26,29,34H,11,15-17H2,1-3H3,(H2,28,30)(H,35,36). The number of amidine groups is 1. The summed E-state index contributed by atoms with van der Waals surface area (Å²) in [4.78, 5) is 18.0. The quantitative estimate of drug-likeness (QED) is 0.279. The van der Waals surface area contributed by atoms with Gasteiger partial charge in [0.25, 0.3) is 0 Å². The first-order valence-corrected chi connectivity index (χ1v) is 13.9. The van der Waals surface area contributed by atoms with Crippen LogP contribution in [0.15, 0.2) is 70.7 Å². The molecule has 0 amide bonds. The number of carboxylic acid groups (broad SMARTS) is 1. The van der Waals surface area contributed by atoms with Gasteiger partial charge in [-0.3, -0.25) is 0 Å². The van der Waals surface area contributed by atoms with Crippen LogP contribution in [-0.2, 0) is 23.0 Å². The molecule has 208 valence electrons. The molecule has 0 saturated carbocycles. The molecule has 2 atom stereocenters. The zero-order valence-corrected chi connectivity index (χ0v) is 23.0. The van der Waals surface area contributed by atoms with Crippen LogP contribution in [0.4, 0.5) is 0 Å². The van der Waals surface area contributed by atoms with Crippen molar-refractivity contribution in [3.05, 3.63) is 77.6 Å². The molecule has 39 heavy (non-hydrogen) atoms. The van der Waals surface area contributed by atoms with E-state index in [0.717, 1.165) is 20.8 Å². The van der Waals surface area contributed by atoms with Crippen LogP contribution < -0.4 is 11.1 Å². The van der Waals surface area contributed by atoms with Crippen molar-refractivity contribution in [2.45, 2.75) is 37.1 Å². The number of sulfonamides is 1. The number of rotatable bonds is 11. The maximum absolute atomic E-state index is 12.6. The molecule has 2 heterocycles. The molecule has 1 aliphatic heterocycles. The maximum atomic E-state index is 12.6. The zero-order chi connectivity index (χ0) is 28.3. The summed E-state index contributed by atoms with van der Waals surface area (Å²) < 4.78 is 28.0. The molecule has 0 radical (unpaired) electrons. The van der Waals surface area contributed by atoms with Crippen molar-refractivity contribution < 1.29 is 23.4 Å². The van der Waals surface area contributed by atoms with Gasteiger partial charge in [-0.15, -0.1) is 0 Å². The fourth-order valence-electron chi connectivity index (χ4n) is 4.47. The lowest BCUT2D eigenvalue weighted by atomic mass is 10.1. The first kappa shape index (κ1) is 28.3. The molecule has 2 aromatic carbocycles. The van der Waals surface area contributed by atoms with Gasteiger partial charge in [0.2, 0.25) is 10.0 Å². The van der Waals surface area contributed by atoms with Gasteiger partial charge in [0.1, 0.15) is 24.4 Å². The number of carboxylic acids is 1. The molecule has 0 saturated heterocycles. The van der Waals surface area contributed by atoms with E-state index in [1.807, 2.05) is 25.1 Å². The highest BCUT2D eigenvalue weighted by molar-refractivity contribution is 7.89. The molecule has 1 aliphatic rings. The summed E-state index contributed by atoms with van der Waals surface area (Å²) in [5.41, 5.74) is 8.18. The fraction of sp³-hybridized carbons (Fsp3) is 0.333. The van der Waals surface area contributed by atoms with Gasteiger partial charge in [0.15, 0.2) is 0 Å². The molecule has 3 aromatic rings. The van der Waals surface area contributed by atoms with Gasteiger partial charge < -0.3 is 30.7 Å². The number of aromatic nitrogens is 1. The molecule has 11 nitrogen and oxygen atoms in total. The second kappa shape index (κ2) is 11.6. The largest absolute Gasteiger partial charge is 0.477 e. The number of carbonyl (C=O) groups is 1. The molecule has 4 rings (SSSR count). The Morgan fingerprint density at radius 2 is 1.95 bits per heavy atom. The van der Waals surface area contributed by atoms with E-state index in [1.165, 1.54) is 20.2 Å². The summed E-state index contributed by atoms with van der Waals surface area (Å²) in [6, 6.07) is 14.0. The first-order valence-electron chi connectivity index (χ1n) is 12.5. The normalized spacial score (nSPS) is 15.5. The Hall–Kier alpha value is -3.71. The van der Waals surface area contributed by atoms with E-state index in [0.29, 0.717) is 31.0 Å². The van der Waals surface area contributed by atoms with Gasteiger partial charge in [0, 0.05) is 50.3 Å². The highest BCUT2D eigenvalue weighted by Crippen LogP contribution is 2.25. The summed E-state index contributed by atoms with van der Waals surface area (Å²) in [5, 5.41) is 24.4. The molecule has 0 spiro atoms. The summed E-state index contributed by atoms with van der Waals surface area (Å²) in [5.74, 6) is -0.632. The smallest absolute Gasteiger partial charge is 0.352 e. The van der Waals surface area contributed by atoms with Crippen LogP contribution in [0, 0.1) is 0 Å². The van der Waals surface area contributed by atoms with Gasteiger partial charge in [0.05, 0.1) is 4.90 Å². The Labute approximate surface area is 227 Å². The van der Waals surface area contributed by atoms with Crippen LogP contribution in [0.1, 0.15) is 28.5 Å². The number of hydrogen-bond donors (Lipinski definition) is 4. The molecule has 0 bridgehead atoms. The molecule has 1 aromatic heterocycles. The van der Waals surface area contributed by atoms with E-state index in [1.54, 1.807) is 46.0 Å². The van der Waals surface area contributed by atoms with Gasteiger partial charge in [-0.05, 0) is 60.9 Å². The number of nitrogens with zero attached hydrogens (tertiary/aromatic N) is 4. The molecule has 2 unspecified atom stereocenters. The number of nitrogens with one attached hydrogen (secondary N) is 1. The van der Waals surface area contributed by atoms with Gasteiger partial charge in [-0.25, -0.2) is 22.5 Å². The Bertz CT molecular complexity index is 1530. The van der Waals surface area contributed by atoms with Gasteiger partial charge in [-0.2, -0.15) is 0 Å². The molecule has 5 N–H and O–H groups in total. The van der Waals surface area contributed by atoms with Gasteiger partial charge in [-0.1, -0.05) is 18.2 Å². The van der Waals surface area contributed by atoms with Crippen LogP contribution >= 0.6 is 0 Å². The van der Waals surface area contributed by atoms with Crippen LogP contribution in [0.3, 0.4) is 0 Å². The Kier molecular flexibility index (Phi) is 8.40. The van der Waals surface area contributed by atoms with Crippen molar-refractivity contribution in [2.75, 3.05) is 27.3 Å². The SMILES string of the molecule is CC(Cc1ccc2c(c1)cc(C(=O)O)n2Cc1cccc(S(=O)(=O)N(C)C)c1)NCC(O)N1C=CC(N)=NC1. The number of fused-ring (bicyclic) bond motifs is 1. The Balaban J connectivity index is 1.49. The zero-order valence-electron chi connectivity index (χ0n) is 22.2. The van der Waals surface area contributed by atoms with E-state index in [9.17, 15) is 23.4 Å². The van der Waals surface area contributed by atoms with E-state index < -0.39 is 22.2 Å². The van der Waals surface area contributed by atoms with Crippen molar-refractivity contribution in [3.63, 3.8) is 0 Å². The third kappa shape index (κ3) is 6.48. The number of benzene rings is 2. The average Bonchev–Trinajstić information content (AvgIpc) is 3.25. The predicted molar refractivity (Wildman–Crippen MR) is 150 cm³/mol. The second-order valence-corrected chi connectivity index (χ2v) is 11.9. The minimum Gasteiger partial charge on any atom is -0.477 e. The number of aliphatic imine (C=N–C) groups is 1. The molecule has 0 fully saturated rings. The average molecular weight is 555 g/mol. The number of aliphatic hydroxyl groups is 1. The lowest BCUT2D eigenvalue weighted by molar-refractivity contribution is 0.0375. The minimum absolute atomic E-state index is 0.0434. The van der Waals surface area contributed by atoms with Crippen LogP contribution in [0.5, 0.6) is 0 Å². The summed E-state index contributed by atoms with van der Waals surface area (Å²) in [6.07, 6.45) is 3.28. The first-order chi connectivity index (χ1) is 18.5. The number of hydrogen-bond acceptors (Lipinski definition) is 8. The van der Waals surface area contributed by atoms with E-state index in [4.69, 9.17) is 5.73 Å².